The number of piperazine rings is 1. The molecule has 1 rings (SSSR count). The van der Waals surface area contributed by atoms with Gasteiger partial charge in [0.05, 0.1) is 12.5 Å². The largest absolute Gasteiger partial charge is 0.353 e. The molecule has 5 nitrogen and oxygen atoms in total. The van der Waals surface area contributed by atoms with E-state index in [1.807, 2.05) is 0 Å². The predicted molar refractivity (Wildman–Crippen MR) is 52.4 cm³/mol. The molecule has 0 radical (unpaired) electrons. The minimum atomic E-state index is -0.221. The third-order valence-electron chi connectivity index (χ3n) is 2.53. The molecule has 5 heteroatoms. The Morgan fingerprint density at radius 3 is 2.71 bits per heavy atom. The second-order valence-corrected chi connectivity index (χ2v) is 3.76. The molecule has 2 unspecified atom stereocenters. The summed E-state index contributed by atoms with van der Waals surface area (Å²) in [5, 5.41) is 2.67. The van der Waals surface area contributed by atoms with Crippen LogP contribution in [0.3, 0.4) is 0 Å². The lowest BCUT2D eigenvalue weighted by atomic mass is 10.0. The van der Waals surface area contributed by atoms with Gasteiger partial charge in [0.1, 0.15) is 0 Å². The highest BCUT2D eigenvalue weighted by atomic mass is 16.2. The fourth-order valence-electron chi connectivity index (χ4n) is 1.34. The topological polar surface area (TPSA) is 75.4 Å². The van der Waals surface area contributed by atoms with Crippen molar-refractivity contribution >= 4 is 11.8 Å². The number of hydrogen-bond acceptors (Lipinski definition) is 3. The Bertz CT molecular complexity index is 240. The third kappa shape index (κ3) is 2.45. The Kier molecular flexibility index (Phi) is 3.46. The maximum absolute atomic E-state index is 11.8. The number of carbonyl (C=O) groups excluding carboxylic acids is 2. The summed E-state index contributed by atoms with van der Waals surface area (Å²) >= 11 is 0. The molecule has 0 bridgehead atoms. The Labute approximate surface area is 83.6 Å². The van der Waals surface area contributed by atoms with E-state index in [2.05, 4.69) is 5.32 Å². The summed E-state index contributed by atoms with van der Waals surface area (Å²) in [6.07, 6.45) is 0. The fourth-order valence-corrected chi connectivity index (χ4v) is 1.34. The van der Waals surface area contributed by atoms with Gasteiger partial charge in [-0.25, -0.2) is 0 Å². The van der Waals surface area contributed by atoms with Gasteiger partial charge in [-0.15, -0.1) is 0 Å². The molecule has 1 aliphatic heterocycles. The van der Waals surface area contributed by atoms with E-state index in [9.17, 15) is 9.59 Å². The van der Waals surface area contributed by atoms with Crippen molar-refractivity contribution in [1.29, 1.82) is 0 Å². The Hall–Kier alpha value is -1.10. The highest BCUT2D eigenvalue weighted by molar-refractivity contribution is 5.87. The van der Waals surface area contributed by atoms with Crippen LogP contribution in [0, 0.1) is 5.92 Å². The molecule has 80 valence electrons. The summed E-state index contributed by atoms with van der Waals surface area (Å²) in [5.41, 5.74) is 5.63. The zero-order valence-electron chi connectivity index (χ0n) is 8.62. The zero-order chi connectivity index (χ0) is 10.7. The molecule has 0 saturated carbocycles. The molecule has 1 heterocycles. The van der Waals surface area contributed by atoms with Crippen molar-refractivity contribution in [2.45, 2.75) is 19.9 Å². The van der Waals surface area contributed by atoms with Crippen molar-refractivity contribution in [1.82, 2.24) is 10.2 Å². The molecule has 3 N–H and O–H groups in total. The highest BCUT2D eigenvalue weighted by Gasteiger charge is 2.26. The first-order chi connectivity index (χ1) is 6.52. The average Bonchev–Trinajstić information content (AvgIpc) is 2.15. The number of rotatable bonds is 2. The molecular formula is C9H17N3O2. The van der Waals surface area contributed by atoms with Crippen LogP contribution in [0.2, 0.25) is 0 Å². The summed E-state index contributed by atoms with van der Waals surface area (Å²) in [5.74, 6) is -0.350. The van der Waals surface area contributed by atoms with Crippen LogP contribution in [0.5, 0.6) is 0 Å². The van der Waals surface area contributed by atoms with E-state index in [4.69, 9.17) is 5.73 Å². The molecule has 0 spiro atoms. The van der Waals surface area contributed by atoms with Crippen LogP contribution in [0.1, 0.15) is 13.8 Å². The number of amides is 2. The van der Waals surface area contributed by atoms with Gasteiger partial charge in [-0.2, -0.15) is 0 Å². The first-order valence-corrected chi connectivity index (χ1v) is 4.83. The van der Waals surface area contributed by atoms with Crippen molar-refractivity contribution in [3.05, 3.63) is 0 Å². The van der Waals surface area contributed by atoms with Crippen molar-refractivity contribution in [2.75, 3.05) is 19.6 Å². The summed E-state index contributed by atoms with van der Waals surface area (Å²) < 4.78 is 0. The Morgan fingerprint density at radius 1 is 1.57 bits per heavy atom. The Balaban J connectivity index is 2.55. The molecule has 1 fully saturated rings. The molecule has 2 amide bonds. The maximum atomic E-state index is 11.8. The molecule has 14 heavy (non-hydrogen) atoms. The van der Waals surface area contributed by atoms with E-state index in [1.54, 1.807) is 18.7 Å². The molecule has 2 atom stereocenters. The van der Waals surface area contributed by atoms with Crippen molar-refractivity contribution in [2.24, 2.45) is 11.7 Å². The van der Waals surface area contributed by atoms with Crippen LogP contribution >= 0.6 is 0 Å². The lowest BCUT2D eigenvalue weighted by molar-refractivity contribution is -0.141. The molecular weight excluding hydrogens is 182 g/mol. The standard InChI is InChI=1S/C9H17N3O2/c1-6(7(2)10)9(14)12-4-3-11-8(13)5-12/h6-7H,3-5,10H2,1-2H3,(H,11,13). The first kappa shape index (κ1) is 11.0. The molecule has 0 aliphatic carbocycles. The number of nitrogens with one attached hydrogen (secondary N) is 1. The van der Waals surface area contributed by atoms with Gasteiger partial charge in [-0.05, 0) is 6.92 Å². The molecule has 0 aromatic carbocycles. The van der Waals surface area contributed by atoms with Crippen molar-refractivity contribution in [3.63, 3.8) is 0 Å². The van der Waals surface area contributed by atoms with Crippen LogP contribution in [0.25, 0.3) is 0 Å². The second kappa shape index (κ2) is 4.41. The van der Waals surface area contributed by atoms with E-state index in [1.165, 1.54) is 0 Å². The van der Waals surface area contributed by atoms with Gasteiger partial charge in [-0.1, -0.05) is 6.92 Å². The summed E-state index contributed by atoms with van der Waals surface area (Å²) in [6, 6.07) is -0.174. The SMILES string of the molecule is CC(N)C(C)C(=O)N1CCNC(=O)C1. The van der Waals surface area contributed by atoms with Gasteiger partial charge in [-0.3, -0.25) is 9.59 Å². The highest BCUT2D eigenvalue weighted by Crippen LogP contribution is 2.07. The zero-order valence-corrected chi connectivity index (χ0v) is 8.62. The third-order valence-corrected chi connectivity index (χ3v) is 2.53. The smallest absolute Gasteiger partial charge is 0.239 e. The fraction of sp³-hybridized carbons (Fsp3) is 0.778. The number of carbonyl (C=O) groups is 2. The number of nitrogens with zero attached hydrogens (tertiary/aromatic N) is 1. The van der Waals surface area contributed by atoms with E-state index >= 15 is 0 Å². The maximum Gasteiger partial charge on any atom is 0.239 e. The molecule has 0 aromatic rings. The Morgan fingerprint density at radius 2 is 2.21 bits per heavy atom. The van der Waals surface area contributed by atoms with Crippen LogP contribution in [-0.2, 0) is 9.59 Å². The van der Waals surface area contributed by atoms with Gasteiger partial charge >= 0.3 is 0 Å². The number of nitrogens with two attached hydrogens (primary N) is 1. The average molecular weight is 199 g/mol. The van der Waals surface area contributed by atoms with Gasteiger partial charge in [0.2, 0.25) is 11.8 Å². The number of hydrogen-bond donors (Lipinski definition) is 2. The second-order valence-electron chi connectivity index (χ2n) is 3.76. The van der Waals surface area contributed by atoms with Crippen LogP contribution in [0.4, 0.5) is 0 Å². The van der Waals surface area contributed by atoms with Gasteiger partial charge < -0.3 is 16.0 Å². The van der Waals surface area contributed by atoms with Crippen LogP contribution in [0.15, 0.2) is 0 Å². The van der Waals surface area contributed by atoms with E-state index < -0.39 is 0 Å². The van der Waals surface area contributed by atoms with Gasteiger partial charge in [0.15, 0.2) is 0 Å². The molecule has 0 aromatic heterocycles. The summed E-state index contributed by atoms with van der Waals surface area (Å²) in [7, 11) is 0. The summed E-state index contributed by atoms with van der Waals surface area (Å²) in [6.45, 7) is 4.87. The quantitative estimate of drug-likeness (QED) is 0.594. The van der Waals surface area contributed by atoms with E-state index in [0.717, 1.165) is 0 Å². The van der Waals surface area contributed by atoms with Crippen LogP contribution in [-0.4, -0.2) is 42.4 Å². The summed E-state index contributed by atoms with van der Waals surface area (Å²) in [4.78, 5) is 24.3. The minimum absolute atomic E-state index is 0.0325. The van der Waals surface area contributed by atoms with Crippen molar-refractivity contribution in [3.8, 4) is 0 Å². The monoisotopic (exact) mass is 199 g/mol. The van der Waals surface area contributed by atoms with Gasteiger partial charge in [0, 0.05) is 19.1 Å². The van der Waals surface area contributed by atoms with Crippen molar-refractivity contribution < 1.29 is 9.59 Å². The van der Waals surface area contributed by atoms with E-state index in [0.29, 0.717) is 13.1 Å². The first-order valence-electron chi connectivity index (χ1n) is 4.83. The molecule has 1 aliphatic rings. The lowest BCUT2D eigenvalue weighted by Gasteiger charge is -2.30. The van der Waals surface area contributed by atoms with Gasteiger partial charge in [0.25, 0.3) is 0 Å². The minimum Gasteiger partial charge on any atom is -0.353 e. The molecule has 1 saturated heterocycles. The van der Waals surface area contributed by atoms with Crippen LogP contribution < -0.4 is 11.1 Å². The normalized spacial score (nSPS) is 21.4. The van der Waals surface area contributed by atoms with E-state index in [-0.39, 0.29) is 30.3 Å². The predicted octanol–water partition coefficient (Wildman–Crippen LogP) is -1.07. The lowest BCUT2D eigenvalue weighted by Crippen LogP contribution is -2.52.